The maximum absolute atomic E-state index is 12.2. The van der Waals surface area contributed by atoms with E-state index >= 15 is 0 Å². The summed E-state index contributed by atoms with van der Waals surface area (Å²) in [5, 5.41) is 15.0. The molecule has 0 bridgehead atoms. The molecule has 100 valence electrons. The fraction of sp³-hybridized carbons (Fsp3) is 0.429. The summed E-state index contributed by atoms with van der Waals surface area (Å²) in [6.45, 7) is 4.46. The van der Waals surface area contributed by atoms with Crippen LogP contribution in [0.25, 0.3) is 0 Å². The van der Waals surface area contributed by atoms with E-state index in [1.54, 1.807) is 24.3 Å². The molecule has 1 saturated heterocycles. The second-order valence-corrected chi connectivity index (χ2v) is 4.56. The number of rotatable bonds is 3. The van der Waals surface area contributed by atoms with Gasteiger partial charge in [0.25, 0.3) is 0 Å². The Kier molecular flexibility index (Phi) is 4.37. The van der Waals surface area contributed by atoms with Gasteiger partial charge in [-0.15, -0.1) is 0 Å². The fourth-order valence-electron chi connectivity index (χ4n) is 2.33. The van der Waals surface area contributed by atoms with Gasteiger partial charge in [-0.1, -0.05) is 6.07 Å². The summed E-state index contributed by atoms with van der Waals surface area (Å²) in [5.74, 6) is 0. The van der Waals surface area contributed by atoms with Gasteiger partial charge in [0.1, 0.15) is 0 Å². The van der Waals surface area contributed by atoms with E-state index in [9.17, 15) is 4.79 Å². The van der Waals surface area contributed by atoms with Gasteiger partial charge in [0.15, 0.2) is 0 Å². The van der Waals surface area contributed by atoms with Crippen molar-refractivity contribution in [2.45, 2.75) is 19.4 Å². The number of anilines is 1. The molecule has 1 atom stereocenters. The van der Waals surface area contributed by atoms with Gasteiger partial charge in [-0.25, -0.2) is 4.79 Å². The summed E-state index contributed by atoms with van der Waals surface area (Å²) in [4.78, 5) is 14.1. The zero-order chi connectivity index (χ0) is 13.7. The molecule has 5 nitrogen and oxygen atoms in total. The first-order chi connectivity index (χ1) is 9.24. The normalized spacial score (nSPS) is 17.8. The van der Waals surface area contributed by atoms with Gasteiger partial charge in [0, 0.05) is 24.8 Å². The highest BCUT2D eigenvalue weighted by Crippen LogP contribution is 2.13. The fourth-order valence-corrected chi connectivity index (χ4v) is 2.33. The Bertz CT molecular complexity index is 488. The lowest BCUT2D eigenvalue weighted by Gasteiger charge is -2.27. The molecule has 1 fully saturated rings. The molecule has 19 heavy (non-hydrogen) atoms. The molecule has 1 aromatic carbocycles. The number of hydrogen-bond donors (Lipinski definition) is 2. The molecule has 0 spiro atoms. The van der Waals surface area contributed by atoms with Crippen LogP contribution in [0.5, 0.6) is 0 Å². The minimum absolute atomic E-state index is 0.105. The van der Waals surface area contributed by atoms with Crippen LogP contribution in [0, 0.1) is 11.3 Å². The van der Waals surface area contributed by atoms with Crippen molar-refractivity contribution in [3.63, 3.8) is 0 Å². The number of carbonyl (C=O) groups is 1. The molecule has 2 N–H and O–H groups in total. The van der Waals surface area contributed by atoms with E-state index in [-0.39, 0.29) is 12.1 Å². The van der Waals surface area contributed by atoms with E-state index in [0.29, 0.717) is 17.8 Å². The SMILES string of the molecule is CCN(C(=O)Nc1cccc(C#N)c1)C1CCNC1. The lowest BCUT2D eigenvalue weighted by atomic mass is 10.2. The average Bonchev–Trinajstić information content (AvgIpc) is 2.93. The summed E-state index contributed by atoms with van der Waals surface area (Å²) in [5.41, 5.74) is 1.21. The molecular weight excluding hydrogens is 240 g/mol. The molecule has 0 saturated carbocycles. The van der Waals surface area contributed by atoms with E-state index < -0.39 is 0 Å². The quantitative estimate of drug-likeness (QED) is 0.868. The summed E-state index contributed by atoms with van der Waals surface area (Å²) in [7, 11) is 0. The van der Waals surface area contributed by atoms with Crippen LogP contribution in [0.15, 0.2) is 24.3 Å². The molecule has 2 rings (SSSR count). The molecule has 1 aliphatic heterocycles. The second-order valence-electron chi connectivity index (χ2n) is 4.56. The van der Waals surface area contributed by atoms with Gasteiger partial charge in [0.2, 0.25) is 0 Å². The summed E-state index contributed by atoms with van der Waals surface area (Å²) >= 11 is 0. The monoisotopic (exact) mass is 258 g/mol. The lowest BCUT2D eigenvalue weighted by molar-refractivity contribution is 0.196. The highest BCUT2D eigenvalue weighted by Gasteiger charge is 2.25. The first-order valence-electron chi connectivity index (χ1n) is 6.53. The highest BCUT2D eigenvalue weighted by molar-refractivity contribution is 5.89. The first kappa shape index (κ1) is 13.4. The molecular formula is C14H18N4O. The van der Waals surface area contributed by atoms with E-state index in [0.717, 1.165) is 19.5 Å². The van der Waals surface area contributed by atoms with Crippen molar-refractivity contribution in [1.82, 2.24) is 10.2 Å². The van der Waals surface area contributed by atoms with E-state index in [1.807, 2.05) is 11.8 Å². The number of amides is 2. The van der Waals surface area contributed by atoms with Crippen LogP contribution in [0.2, 0.25) is 0 Å². The van der Waals surface area contributed by atoms with E-state index in [1.165, 1.54) is 0 Å². The number of hydrogen-bond acceptors (Lipinski definition) is 3. The lowest BCUT2D eigenvalue weighted by Crippen LogP contribution is -2.43. The molecule has 0 radical (unpaired) electrons. The zero-order valence-corrected chi connectivity index (χ0v) is 11.0. The van der Waals surface area contributed by atoms with Crippen LogP contribution >= 0.6 is 0 Å². The topological polar surface area (TPSA) is 68.2 Å². The Morgan fingerprint density at radius 2 is 2.47 bits per heavy atom. The number of carbonyl (C=O) groups excluding carboxylic acids is 1. The minimum atomic E-state index is -0.105. The van der Waals surface area contributed by atoms with Crippen molar-refractivity contribution in [2.75, 3.05) is 25.0 Å². The Morgan fingerprint density at radius 1 is 1.63 bits per heavy atom. The number of likely N-dealkylation sites (N-methyl/N-ethyl adjacent to an activating group) is 1. The van der Waals surface area contributed by atoms with E-state index in [4.69, 9.17) is 5.26 Å². The number of nitrogens with zero attached hydrogens (tertiary/aromatic N) is 2. The molecule has 1 aromatic rings. The summed E-state index contributed by atoms with van der Waals surface area (Å²) in [6.07, 6.45) is 0.986. The van der Waals surface area contributed by atoms with Crippen LogP contribution in [0.3, 0.4) is 0 Å². The van der Waals surface area contributed by atoms with Gasteiger partial charge in [-0.3, -0.25) is 0 Å². The maximum atomic E-state index is 12.2. The second kappa shape index (κ2) is 6.21. The molecule has 1 heterocycles. The third-order valence-corrected chi connectivity index (χ3v) is 3.32. The first-order valence-corrected chi connectivity index (χ1v) is 6.53. The Morgan fingerprint density at radius 3 is 3.11 bits per heavy atom. The van der Waals surface area contributed by atoms with Crippen LogP contribution in [-0.2, 0) is 0 Å². The third kappa shape index (κ3) is 3.24. The largest absolute Gasteiger partial charge is 0.322 e. The number of nitrogens with one attached hydrogen (secondary N) is 2. The van der Waals surface area contributed by atoms with Gasteiger partial charge >= 0.3 is 6.03 Å². The van der Waals surface area contributed by atoms with Crippen molar-refractivity contribution in [1.29, 1.82) is 5.26 Å². The Hall–Kier alpha value is -2.06. The number of urea groups is 1. The van der Waals surface area contributed by atoms with E-state index in [2.05, 4.69) is 16.7 Å². The van der Waals surface area contributed by atoms with Crippen molar-refractivity contribution in [3.8, 4) is 6.07 Å². The number of nitriles is 1. The predicted molar refractivity (Wildman–Crippen MR) is 73.8 cm³/mol. The third-order valence-electron chi connectivity index (χ3n) is 3.32. The predicted octanol–water partition coefficient (Wildman–Crippen LogP) is 1.77. The zero-order valence-electron chi connectivity index (χ0n) is 11.0. The average molecular weight is 258 g/mol. The maximum Gasteiger partial charge on any atom is 0.322 e. The molecule has 1 aliphatic rings. The van der Waals surface area contributed by atoms with Crippen molar-refractivity contribution in [3.05, 3.63) is 29.8 Å². The minimum Gasteiger partial charge on any atom is -0.321 e. The molecule has 0 aliphatic carbocycles. The summed E-state index contributed by atoms with van der Waals surface area (Å²) in [6, 6.07) is 9.16. The Balaban J connectivity index is 2.04. The van der Waals surface area contributed by atoms with Crippen LogP contribution in [0.4, 0.5) is 10.5 Å². The molecule has 0 aromatic heterocycles. The van der Waals surface area contributed by atoms with Crippen LogP contribution in [-0.4, -0.2) is 36.6 Å². The van der Waals surface area contributed by atoms with Gasteiger partial charge < -0.3 is 15.5 Å². The van der Waals surface area contributed by atoms with Crippen molar-refractivity contribution < 1.29 is 4.79 Å². The highest BCUT2D eigenvalue weighted by atomic mass is 16.2. The smallest absolute Gasteiger partial charge is 0.321 e. The van der Waals surface area contributed by atoms with Gasteiger partial charge in [-0.05, 0) is 38.1 Å². The Labute approximate surface area is 113 Å². The molecule has 1 unspecified atom stereocenters. The molecule has 5 heteroatoms. The summed E-state index contributed by atoms with van der Waals surface area (Å²) < 4.78 is 0. The molecule has 2 amide bonds. The van der Waals surface area contributed by atoms with Crippen LogP contribution < -0.4 is 10.6 Å². The van der Waals surface area contributed by atoms with Gasteiger partial charge in [0.05, 0.1) is 11.6 Å². The van der Waals surface area contributed by atoms with Crippen molar-refractivity contribution in [2.24, 2.45) is 0 Å². The van der Waals surface area contributed by atoms with Crippen molar-refractivity contribution >= 4 is 11.7 Å². The standard InChI is InChI=1S/C14H18N4O/c1-2-18(13-6-7-16-10-13)14(19)17-12-5-3-4-11(8-12)9-15/h3-5,8,13,16H,2,6-7,10H2,1H3,(H,17,19). The van der Waals surface area contributed by atoms with Crippen LogP contribution in [0.1, 0.15) is 18.9 Å². The number of benzene rings is 1. The van der Waals surface area contributed by atoms with Gasteiger partial charge in [-0.2, -0.15) is 5.26 Å².